The SMILES string of the molecule is CN=C(NCCN1C(=O)c2ccccc2C1=O)N(C)Cc1ccc(C)cc1.I. The third-order valence-corrected chi connectivity index (χ3v) is 4.61. The summed E-state index contributed by atoms with van der Waals surface area (Å²) >= 11 is 0. The van der Waals surface area contributed by atoms with Crippen molar-refractivity contribution in [1.82, 2.24) is 15.1 Å². The van der Waals surface area contributed by atoms with E-state index < -0.39 is 0 Å². The van der Waals surface area contributed by atoms with Crippen LogP contribution in [-0.4, -0.2) is 54.8 Å². The lowest BCUT2D eigenvalue weighted by molar-refractivity contribution is 0.0657. The number of halogens is 1. The molecule has 0 aliphatic carbocycles. The van der Waals surface area contributed by atoms with Crippen LogP contribution in [-0.2, 0) is 6.54 Å². The van der Waals surface area contributed by atoms with Crippen LogP contribution in [0.2, 0.25) is 0 Å². The molecule has 0 atom stereocenters. The molecule has 0 spiro atoms. The number of guanidine groups is 1. The minimum atomic E-state index is -0.236. The van der Waals surface area contributed by atoms with Crippen molar-refractivity contribution in [3.05, 3.63) is 70.8 Å². The maximum atomic E-state index is 12.4. The van der Waals surface area contributed by atoms with Gasteiger partial charge in [0.15, 0.2) is 5.96 Å². The van der Waals surface area contributed by atoms with Gasteiger partial charge >= 0.3 is 0 Å². The Labute approximate surface area is 182 Å². The number of nitrogens with zero attached hydrogens (tertiary/aromatic N) is 3. The van der Waals surface area contributed by atoms with E-state index in [9.17, 15) is 9.59 Å². The number of hydrogen-bond donors (Lipinski definition) is 1. The number of aryl methyl sites for hydroxylation is 1. The molecule has 0 fully saturated rings. The number of nitrogens with one attached hydrogen (secondary N) is 1. The first-order chi connectivity index (χ1) is 13.0. The summed E-state index contributed by atoms with van der Waals surface area (Å²) in [6, 6.07) is 15.3. The molecule has 2 amide bonds. The van der Waals surface area contributed by atoms with Crippen molar-refractivity contribution >= 4 is 41.8 Å². The Bertz CT molecular complexity index is 845. The zero-order chi connectivity index (χ0) is 19.4. The normalized spacial score (nSPS) is 13.2. The number of hydrogen-bond acceptors (Lipinski definition) is 3. The predicted molar refractivity (Wildman–Crippen MR) is 121 cm³/mol. The largest absolute Gasteiger partial charge is 0.354 e. The monoisotopic (exact) mass is 492 g/mol. The summed E-state index contributed by atoms with van der Waals surface area (Å²) in [6.45, 7) is 3.51. The topological polar surface area (TPSA) is 65.0 Å². The molecule has 1 aliphatic rings. The Balaban J connectivity index is 0.00000280. The minimum absolute atomic E-state index is 0. The van der Waals surface area contributed by atoms with Gasteiger partial charge in [0.1, 0.15) is 0 Å². The highest BCUT2D eigenvalue weighted by Gasteiger charge is 2.34. The first kappa shape index (κ1) is 21.9. The van der Waals surface area contributed by atoms with Gasteiger partial charge in [-0.2, -0.15) is 0 Å². The predicted octanol–water partition coefficient (Wildman–Crippen LogP) is 2.92. The Morgan fingerprint density at radius 1 is 1.04 bits per heavy atom. The number of carbonyl (C=O) groups is 2. The summed E-state index contributed by atoms with van der Waals surface area (Å²) in [6.07, 6.45) is 0. The van der Waals surface area contributed by atoms with Gasteiger partial charge in [-0.15, -0.1) is 24.0 Å². The van der Waals surface area contributed by atoms with E-state index in [1.54, 1.807) is 31.3 Å². The van der Waals surface area contributed by atoms with E-state index in [2.05, 4.69) is 41.5 Å². The number of carbonyl (C=O) groups excluding carboxylic acids is 2. The second kappa shape index (κ2) is 9.68. The van der Waals surface area contributed by atoms with Crippen LogP contribution in [0.25, 0.3) is 0 Å². The van der Waals surface area contributed by atoms with Crippen LogP contribution in [0.4, 0.5) is 0 Å². The standard InChI is InChI=1S/C21H24N4O2.HI/c1-15-8-10-16(11-9-15)14-24(3)21(22-2)23-12-13-25-19(26)17-6-4-5-7-18(17)20(25)27;/h4-11H,12-14H2,1-3H3,(H,22,23);1H. The quantitative estimate of drug-likeness (QED) is 0.302. The van der Waals surface area contributed by atoms with Crippen molar-refractivity contribution < 1.29 is 9.59 Å². The molecule has 0 saturated carbocycles. The molecule has 2 aromatic carbocycles. The van der Waals surface area contributed by atoms with Gasteiger partial charge < -0.3 is 10.2 Å². The van der Waals surface area contributed by atoms with Crippen molar-refractivity contribution in [3.63, 3.8) is 0 Å². The first-order valence-electron chi connectivity index (χ1n) is 8.94. The van der Waals surface area contributed by atoms with Gasteiger partial charge in [0.2, 0.25) is 0 Å². The van der Waals surface area contributed by atoms with Gasteiger partial charge in [-0.1, -0.05) is 42.0 Å². The second-order valence-electron chi connectivity index (χ2n) is 6.62. The van der Waals surface area contributed by atoms with Crippen LogP contribution in [0.3, 0.4) is 0 Å². The number of fused-ring (bicyclic) bond motifs is 1. The number of amides is 2. The van der Waals surface area contributed by atoms with Crippen molar-refractivity contribution in [1.29, 1.82) is 0 Å². The Kier molecular flexibility index (Phi) is 7.56. The van der Waals surface area contributed by atoms with Gasteiger partial charge in [-0.3, -0.25) is 19.5 Å². The van der Waals surface area contributed by atoms with E-state index in [0.29, 0.717) is 36.7 Å². The third kappa shape index (κ3) is 4.70. The molecule has 0 unspecified atom stereocenters. The molecule has 6 nitrogen and oxygen atoms in total. The molecule has 1 aliphatic heterocycles. The van der Waals surface area contributed by atoms with E-state index in [1.165, 1.54) is 16.0 Å². The van der Waals surface area contributed by atoms with Crippen LogP contribution < -0.4 is 5.32 Å². The molecule has 0 bridgehead atoms. The summed E-state index contributed by atoms with van der Waals surface area (Å²) in [5.74, 6) is 0.243. The van der Waals surface area contributed by atoms with E-state index >= 15 is 0 Å². The molecule has 2 aromatic rings. The molecular weight excluding hydrogens is 467 g/mol. The van der Waals surface area contributed by atoms with E-state index in [0.717, 1.165) is 0 Å². The molecule has 3 rings (SSSR count). The maximum Gasteiger partial charge on any atom is 0.261 e. The van der Waals surface area contributed by atoms with Crippen molar-refractivity contribution in [3.8, 4) is 0 Å². The van der Waals surface area contributed by atoms with Crippen molar-refractivity contribution in [2.24, 2.45) is 4.99 Å². The Hall–Kier alpha value is -2.42. The average molecular weight is 492 g/mol. The number of imide groups is 1. The summed E-state index contributed by atoms with van der Waals surface area (Å²) in [5.41, 5.74) is 3.36. The van der Waals surface area contributed by atoms with Gasteiger partial charge in [-0.25, -0.2) is 0 Å². The third-order valence-electron chi connectivity index (χ3n) is 4.61. The molecule has 0 aromatic heterocycles. The lowest BCUT2D eigenvalue weighted by Crippen LogP contribution is -2.43. The highest BCUT2D eigenvalue weighted by Crippen LogP contribution is 2.21. The van der Waals surface area contributed by atoms with Gasteiger partial charge in [-0.05, 0) is 24.6 Å². The Morgan fingerprint density at radius 3 is 2.14 bits per heavy atom. The molecule has 148 valence electrons. The van der Waals surface area contributed by atoms with Crippen LogP contribution in [0.5, 0.6) is 0 Å². The molecule has 0 saturated heterocycles. The smallest absolute Gasteiger partial charge is 0.261 e. The molecule has 28 heavy (non-hydrogen) atoms. The lowest BCUT2D eigenvalue weighted by atomic mass is 10.1. The molecule has 1 heterocycles. The van der Waals surface area contributed by atoms with Crippen molar-refractivity contribution in [2.45, 2.75) is 13.5 Å². The fourth-order valence-electron chi connectivity index (χ4n) is 3.15. The van der Waals surface area contributed by atoms with Crippen LogP contribution in [0.1, 0.15) is 31.8 Å². The van der Waals surface area contributed by atoms with Crippen molar-refractivity contribution in [2.75, 3.05) is 27.2 Å². The molecule has 1 N–H and O–H groups in total. The van der Waals surface area contributed by atoms with Crippen LogP contribution >= 0.6 is 24.0 Å². The number of benzene rings is 2. The fourth-order valence-corrected chi connectivity index (χ4v) is 3.15. The number of rotatable bonds is 5. The van der Waals surface area contributed by atoms with Gasteiger partial charge in [0, 0.05) is 33.7 Å². The zero-order valence-electron chi connectivity index (χ0n) is 16.3. The van der Waals surface area contributed by atoms with E-state index in [4.69, 9.17) is 0 Å². The highest BCUT2D eigenvalue weighted by atomic mass is 127. The molecular formula is C21H25IN4O2. The fraction of sp³-hybridized carbons (Fsp3) is 0.286. The highest BCUT2D eigenvalue weighted by molar-refractivity contribution is 14.0. The molecule has 0 radical (unpaired) electrons. The zero-order valence-corrected chi connectivity index (χ0v) is 18.6. The minimum Gasteiger partial charge on any atom is -0.354 e. The second-order valence-corrected chi connectivity index (χ2v) is 6.62. The van der Waals surface area contributed by atoms with Crippen LogP contribution in [0.15, 0.2) is 53.5 Å². The molecule has 7 heteroatoms. The summed E-state index contributed by atoms with van der Waals surface area (Å²) < 4.78 is 0. The van der Waals surface area contributed by atoms with E-state index in [1.807, 2.05) is 11.9 Å². The van der Waals surface area contributed by atoms with Gasteiger partial charge in [0.25, 0.3) is 11.8 Å². The summed E-state index contributed by atoms with van der Waals surface area (Å²) in [7, 11) is 3.67. The van der Waals surface area contributed by atoms with Crippen LogP contribution in [0, 0.1) is 6.92 Å². The maximum absolute atomic E-state index is 12.4. The number of aliphatic imine (C=N–C) groups is 1. The average Bonchev–Trinajstić information content (AvgIpc) is 2.92. The lowest BCUT2D eigenvalue weighted by Gasteiger charge is -2.23. The first-order valence-corrected chi connectivity index (χ1v) is 8.94. The summed E-state index contributed by atoms with van der Waals surface area (Å²) in [5, 5.41) is 3.23. The Morgan fingerprint density at radius 2 is 1.61 bits per heavy atom. The van der Waals surface area contributed by atoms with Gasteiger partial charge in [0.05, 0.1) is 11.1 Å². The summed E-state index contributed by atoms with van der Waals surface area (Å²) in [4.78, 5) is 32.4. The van der Waals surface area contributed by atoms with E-state index in [-0.39, 0.29) is 35.8 Å².